The molecule has 2 aromatic carbocycles. The van der Waals surface area contributed by atoms with Crippen LogP contribution in [-0.4, -0.2) is 56.8 Å². The van der Waals surface area contributed by atoms with Gasteiger partial charge in [-0.1, -0.05) is 23.7 Å². The molecule has 0 saturated carbocycles. The number of hydrogen-bond acceptors (Lipinski definition) is 6. The van der Waals surface area contributed by atoms with Crippen molar-refractivity contribution in [2.45, 2.75) is 39.4 Å². The first-order valence-corrected chi connectivity index (χ1v) is 12.9. The van der Waals surface area contributed by atoms with Crippen LogP contribution in [0.25, 0.3) is 0 Å². The SMILES string of the molecule is CC(C)NC(=O)[C@H](C)N(Cc1ccc(Cl)cc1)C(=O)CN(c1ccc2c(c1)OCO2)S(C)(=O)=O. The molecule has 9 nitrogen and oxygen atoms in total. The number of benzene rings is 2. The molecule has 1 aliphatic rings. The third-order valence-electron chi connectivity index (χ3n) is 5.19. The third-order valence-corrected chi connectivity index (χ3v) is 6.58. The molecule has 1 aliphatic heterocycles. The van der Waals surface area contributed by atoms with E-state index in [1.54, 1.807) is 43.3 Å². The Hall–Kier alpha value is -2.98. The van der Waals surface area contributed by atoms with Crippen LogP contribution in [0.2, 0.25) is 5.02 Å². The van der Waals surface area contributed by atoms with E-state index in [4.69, 9.17) is 21.1 Å². The smallest absolute Gasteiger partial charge is 0.244 e. The van der Waals surface area contributed by atoms with Gasteiger partial charge in [0, 0.05) is 23.7 Å². The number of amides is 2. The van der Waals surface area contributed by atoms with E-state index in [2.05, 4.69) is 5.32 Å². The van der Waals surface area contributed by atoms with Gasteiger partial charge in [-0.3, -0.25) is 13.9 Å². The van der Waals surface area contributed by atoms with Crippen molar-refractivity contribution < 1.29 is 27.5 Å². The van der Waals surface area contributed by atoms with Gasteiger partial charge in [-0.05, 0) is 50.6 Å². The minimum atomic E-state index is -3.84. The summed E-state index contributed by atoms with van der Waals surface area (Å²) in [6, 6.07) is 10.6. The summed E-state index contributed by atoms with van der Waals surface area (Å²) >= 11 is 5.97. The van der Waals surface area contributed by atoms with Crippen LogP contribution in [0.1, 0.15) is 26.3 Å². The number of fused-ring (bicyclic) bond motifs is 1. The molecule has 184 valence electrons. The standard InChI is InChI=1S/C23H28ClN3O6S/c1-15(2)25-23(29)16(3)26(12-17-5-7-18(24)8-6-17)22(28)13-27(34(4,30)31)19-9-10-20-21(11-19)33-14-32-20/h5-11,15-16H,12-14H2,1-4H3,(H,25,29)/t16-/m0/s1. The third kappa shape index (κ3) is 6.32. The van der Waals surface area contributed by atoms with Gasteiger partial charge in [0.2, 0.25) is 28.6 Å². The van der Waals surface area contributed by atoms with Crippen molar-refractivity contribution in [1.82, 2.24) is 10.2 Å². The minimum absolute atomic E-state index is 0.0357. The second kappa shape index (κ2) is 10.5. The van der Waals surface area contributed by atoms with Gasteiger partial charge in [-0.15, -0.1) is 0 Å². The highest BCUT2D eigenvalue weighted by molar-refractivity contribution is 7.92. The average Bonchev–Trinajstić information content (AvgIpc) is 3.23. The summed E-state index contributed by atoms with van der Waals surface area (Å²) in [6.07, 6.45) is 1.02. The Balaban J connectivity index is 1.90. The van der Waals surface area contributed by atoms with Gasteiger partial charge < -0.3 is 19.7 Å². The van der Waals surface area contributed by atoms with E-state index in [9.17, 15) is 18.0 Å². The van der Waals surface area contributed by atoms with Crippen molar-refractivity contribution >= 4 is 39.1 Å². The average molecular weight is 510 g/mol. The Kier molecular flexibility index (Phi) is 7.93. The zero-order chi connectivity index (χ0) is 25.0. The number of sulfonamides is 1. The Morgan fingerprint density at radius 2 is 1.71 bits per heavy atom. The summed E-state index contributed by atoms with van der Waals surface area (Å²) in [5.41, 5.74) is 1.00. The molecule has 0 fully saturated rings. The summed E-state index contributed by atoms with van der Waals surface area (Å²) in [5.74, 6) is 0.00363. The lowest BCUT2D eigenvalue weighted by Gasteiger charge is -2.32. The molecule has 1 N–H and O–H groups in total. The first-order chi connectivity index (χ1) is 16.0. The lowest BCUT2D eigenvalue weighted by Crippen LogP contribution is -2.52. The Labute approximate surface area is 204 Å². The van der Waals surface area contributed by atoms with E-state index in [-0.39, 0.29) is 31.0 Å². The molecule has 0 aliphatic carbocycles. The van der Waals surface area contributed by atoms with Gasteiger partial charge >= 0.3 is 0 Å². The number of carbonyl (C=O) groups is 2. The maximum Gasteiger partial charge on any atom is 0.244 e. The van der Waals surface area contributed by atoms with Gasteiger partial charge in [0.15, 0.2) is 11.5 Å². The molecular weight excluding hydrogens is 482 g/mol. The van der Waals surface area contributed by atoms with Crippen LogP contribution in [0.3, 0.4) is 0 Å². The van der Waals surface area contributed by atoms with Crippen LogP contribution in [0, 0.1) is 0 Å². The highest BCUT2D eigenvalue weighted by Gasteiger charge is 2.31. The van der Waals surface area contributed by atoms with Crippen molar-refractivity contribution in [1.29, 1.82) is 0 Å². The summed E-state index contributed by atoms with van der Waals surface area (Å²) in [7, 11) is -3.84. The summed E-state index contributed by atoms with van der Waals surface area (Å²) in [4.78, 5) is 27.6. The van der Waals surface area contributed by atoms with Gasteiger partial charge in [0.1, 0.15) is 12.6 Å². The molecule has 0 spiro atoms. The number of rotatable bonds is 9. The van der Waals surface area contributed by atoms with E-state index < -0.39 is 28.5 Å². The Morgan fingerprint density at radius 1 is 1.06 bits per heavy atom. The Bertz CT molecular complexity index is 1150. The molecule has 2 aromatic rings. The normalized spacial score (nSPS) is 13.5. The number of ether oxygens (including phenoxy) is 2. The van der Waals surface area contributed by atoms with Crippen molar-refractivity contribution in [2.24, 2.45) is 0 Å². The fourth-order valence-corrected chi connectivity index (χ4v) is 4.40. The van der Waals surface area contributed by atoms with Crippen LogP contribution >= 0.6 is 11.6 Å². The van der Waals surface area contributed by atoms with E-state index >= 15 is 0 Å². The minimum Gasteiger partial charge on any atom is -0.454 e. The van der Waals surface area contributed by atoms with Crippen molar-refractivity contribution in [3.05, 3.63) is 53.1 Å². The molecule has 1 atom stereocenters. The number of nitrogens with one attached hydrogen (secondary N) is 1. The number of anilines is 1. The van der Waals surface area contributed by atoms with Gasteiger partial charge in [0.25, 0.3) is 0 Å². The van der Waals surface area contributed by atoms with Crippen molar-refractivity contribution in [3.63, 3.8) is 0 Å². The predicted molar refractivity (Wildman–Crippen MR) is 129 cm³/mol. The first-order valence-electron chi connectivity index (χ1n) is 10.7. The predicted octanol–water partition coefficient (Wildman–Crippen LogP) is 2.78. The van der Waals surface area contributed by atoms with Gasteiger partial charge in [0.05, 0.1) is 11.9 Å². The molecule has 3 rings (SSSR count). The van der Waals surface area contributed by atoms with E-state index in [1.807, 2.05) is 13.8 Å². The maximum absolute atomic E-state index is 13.5. The largest absolute Gasteiger partial charge is 0.454 e. The molecule has 0 radical (unpaired) electrons. The van der Waals surface area contributed by atoms with Crippen LogP contribution < -0.4 is 19.1 Å². The quantitative estimate of drug-likeness (QED) is 0.557. The number of carbonyl (C=O) groups excluding carboxylic acids is 2. The van der Waals surface area contributed by atoms with E-state index in [0.29, 0.717) is 16.5 Å². The summed E-state index contributed by atoms with van der Waals surface area (Å²) in [6.45, 7) is 4.89. The van der Waals surface area contributed by atoms with Crippen LogP contribution in [-0.2, 0) is 26.2 Å². The zero-order valence-electron chi connectivity index (χ0n) is 19.4. The molecule has 0 aromatic heterocycles. The zero-order valence-corrected chi connectivity index (χ0v) is 21.0. The van der Waals surface area contributed by atoms with Gasteiger partial charge in [-0.25, -0.2) is 8.42 Å². The van der Waals surface area contributed by atoms with Crippen molar-refractivity contribution in [2.75, 3.05) is 23.9 Å². The fraction of sp³-hybridized carbons (Fsp3) is 0.391. The fourth-order valence-electron chi connectivity index (χ4n) is 3.43. The number of halogens is 1. The van der Waals surface area contributed by atoms with Crippen LogP contribution in [0.15, 0.2) is 42.5 Å². The topological polar surface area (TPSA) is 105 Å². The molecule has 0 bridgehead atoms. The lowest BCUT2D eigenvalue weighted by molar-refractivity contribution is -0.139. The second-order valence-electron chi connectivity index (χ2n) is 8.29. The maximum atomic E-state index is 13.5. The van der Waals surface area contributed by atoms with Crippen LogP contribution in [0.5, 0.6) is 11.5 Å². The van der Waals surface area contributed by atoms with Gasteiger partial charge in [-0.2, -0.15) is 0 Å². The summed E-state index contributed by atoms with van der Waals surface area (Å²) < 4.78 is 36.9. The van der Waals surface area contributed by atoms with Crippen LogP contribution in [0.4, 0.5) is 5.69 Å². The van der Waals surface area contributed by atoms with Crippen molar-refractivity contribution in [3.8, 4) is 11.5 Å². The number of hydrogen-bond donors (Lipinski definition) is 1. The number of nitrogens with zero attached hydrogens (tertiary/aromatic N) is 2. The highest BCUT2D eigenvalue weighted by Crippen LogP contribution is 2.36. The molecule has 11 heteroatoms. The molecule has 1 heterocycles. The Morgan fingerprint density at radius 3 is 2.32 bits per heavy atom. The molecule has 0 saturated heterocycles. The molecule has 34 heavy (non-hydrogen) atoms. The lowest BCUT2D eigenvalue weighted by atomic mass is 10.1. The molecular formula is C23H28ClN3O6S. The first kappa shape index (κ1) is 25.6. The molecule has 2 amide bonds. The molecule has 0 unspecified atom stereocenters. The monoisotopic (exact) mass is 509 g/mol. The second-order valence-corrected chi connectivity index (χ2v) is 10.6. The summed E-state index contributed by atoms with van der Waals surface area (Å²) in [5, 5.41) is 3.34. The highest BCUT2D eigenvalue weighted by atomic mass is 35.5. The van der Waals surface area contributed by atoms with E-state index in [0.717, 1.165) is 16.1 Å². The van der Waals surface area contributed by atoms with E-state index in [1.165, 1.54) is 11.0 Å².